The van der Waals surface area contributed by atoms with E-state index in [-0.39, 0.29) is 0 Å². The predicted molar refractivity (Wildman–Crippen MR) is 86.7 cm³/mol. The summed E-state index contributed by atoms with van der Waals surface area (Å²) in [5.74, 6) is -0.956. The number of rotatable bonds is 6. The van der Waals surface area contributed by atoms with Crippen LogP contribution in [-0.4, -0.2) is 27.7 Å². The first-order chi connectivity index (χ1) is 10.7. The van der Waals surface area contributed by atoms with Crippen LogP contribution in [0.3, 0.4) is 0 Å². The summed E-state index contributed by atoms with van der Waals surface area (Å²) in [4.78, 5) is 24.1. The van der Waals surface area contributed by atoms with Gasteiger partial charge in [0.15, 0.2) is 0 Å². The Labute approximate surface area is 131 Å². The van der Waals surface area contributed by atoms with Gasteiger partial charge in [-0.2, -0.15) is 0 Å². The molecule has 4 nitrogen and oxygen atoms in total. The van der Waals surface area contributed by atoms with E-state index in [2.05, 4.69) is 6.55 Å². The van der Waals surface area contributed by atoms with Crippen LogP contribution in [0.1, 0.15) is 20.7 Å². The Morgan fingerprint density at radius 2 is 1.27 bits per heavy atom. The molecule has 5 heteroatoms. The maximum Gasteiger partial charge on any atom is 0.341 e. The third-order valence-electron chi connectivity index (χ3n) is 3.02. The minimum Gasteiger partial charge on any atom is -0.422 e. The fourth-order valence-electron chi connectivity index (χ4n) is 1.90. The third-order valence-corrected chi connectivity index (χ3v) is 4.07. The van der Waals surface area contributed by atoms with Crippen LogP contribution in [-0.2, 0) is 9.47 Å². The molecule has 0 aliphatic rings. The van der Waals surface area contributed by atoms with E-state index in [0.717, 1.165) is 0 Å². The SMILES string of the molecule is C[SiH2]CC(OC(=O)c1ccccc1)OC(=O)c1ccccc1. The van der Waals surface area contributed by atoms with Crippen molar-refractivity contribution in [2.24, 2.45) is 0 Å². The summed E-state index contributed by atoms with van der Waals surface area (Å²) in [5, 5.41) is 0. The summed E-state index contributed by atoms with van der Waals surface area (Å²) in [7, 11) is -0.434. The molecule has 0 aliphatic carbocycles. The molecular formula is C17H18O4Si. The maximum absolute atomic E-state index is 12.0. The zero-order valence-electron chi connectivity index (χ0n) is 12.4. The molecule has 0 amide bonds. The van der Waals surface area contributed by atoms with E-state index >= 15 is 0 Å². The van der Waals surface area contributed by atoms with E-state index in [1.54, 1.807) is 48.5 Å². The van der Waals surface area contributed by atoms with Crippen molar-refractivity contribution < 1.29 is 19.1 Å². The highest BCUT2D eigenvalue weighted by Gasteiger charge is 2.20. The fraction of sp³-hybridized carbons (Fsp3) is 0.176. The Balaban J connectivity index is 2.01. The number of ether oxygens (including phenoxy) is 2. The molecule has 0 fully saturated rings. The van der Waals surface area contributed by atoms with Gasteiger partial charge in [-0.15, -0.1) is 0 Å². The molecule has 0 heterocycles. The topological polar surface area (TPSA) is 52.6 Å². The van der Waals surface area contributed by atoms with E-state index in [1.807, 2.05) is 12.1 Å². The predicted octanol–water partition coefficient (Wildman–Crippen LogP) is 2.66. The van der Waals surface area contributed by atoms with Crippen LogP contribution in [0.2, 0.25) is 12.6 Å². The zero-order chi connectivity index (χ0) is 15.8. The average Bonchev–Trinajstić information content (AvgIpc) is 2.56. The molecule has 0 atom stereocenters. The van der Waals surface area contributed by atoms with E-state index < -0.39 is 27.7 Å². The van der Waals surface area contributed by atoms with Crippen molar-refractivity contribution >= 4 is 21.5 Å². The minimum absolute atomic E-state index is 0.434. The second kappa shape index (κ2) is 8.14. The minimum atomic E-state index is -0.822. The van der Waals surface area contributed by atoms with Crippen LogP contribution in [0.25, 0.3) is 0 Å². The van der Waals surface area contributed by atoms with Crippen molar-refractivity contribution in [2.45, 2.75) is 18.9 Å². The van der Waals surface area contributed by atoms with Crippen LogP contribution < -0.4 is 0 Å². The Bertz CT molecular complexity index is 560. The molecule has 0 N–H and O–H groups in total. The van der Waals surface area contributed by atoms with Crippen molar-refractivity contribution in [3.05, 3.63) is 71.8 Å². The number of esters is 2. The summed E-state index contributed by atoms with van der Waals surface area (Å²) in [6.45, 7) is 2.07. The van der Waals surface area contributed by atoms with Gasteiger partial charge >= 0.3 is 11.9 Å². The number of benzene rings is 2. The van der Waals surface area contributed by atoms with E-state index in [9.17, 15) is 9.59 Å². The molecule has 0 bridgehead atoms. The van der Waals surface area contributed by atoms with Crippen molar-refractivity contribution in [2.75, 3.05) is 0 Å². The Kier molecular flexibility index (Phi) is 5.91. The van der Waals surface area contributed by atoms with Gasteiger partial charge in [-0.3, -0.25) is 0 Å². The fourth-order valence-corrected chi connectivity index (χ4v) is 2.61. The maximum atomic E-state index is 12.0. The molecule has 0 aliphatic heterocycles. The first-order valence-corrected chi connectivity index (χ1v) is 9.64. The Morgan fingerprint density at radius 1 is 0.864 bits per heavy atom. The van der Waals surface area contributed by atoms with E-state index in [0.29, 0.717) is 17.2 Å². The lowest BCUT2D eigenvalue weighted by Crippen LogP contribution is -2.25. The summed E-state index contributed by atoms with van der Waals surface area (Å²) >= 11 is 0. The number of hydrogen-bond acceptors (Lipinski definition) is 4. The van der Waals surface area contributed by atoms with Crippen LogP contribution in [0.4, 0.5) is 0 Å². The summed E-state index contributed by atoms with van der Waals surface area (Å²) < 4.78 is 10.6. The highest BCUT2D eigenvalue weighted by atomic mass is 28.2. The molecule has 2 aromatic carbocycles. The molecule has 0 spiro atoms. The second-order valence-electron chi connectivity index (χ2n) is 4.76. The van der Waals surface area contributed by atoms with Gasteiger partial charge < -0.3 is 9.47 Å². The lowest BCUT2D eigenvalue weighted by atomic mass is 10.2. The average molecular weight is 314 g/mol. The third kappa shape index (κ3) is 4.56. The van der Waals surface area contributed by atoms with Crippen LogP contribution >= 0.6 is 0 Å². The lowest BCUT2D eigenvalue weighted by Gasteiger charge is -2.17. The molecule has 22 heavy (non-hydrogen) atoms. The summed E-state index contributed by atoms with van der Waals surface area (Å²) in [6, 6.07) is 18.0. The highest BCUT2D eigenvalue weighted by Crippen LogP contribution is 2.11. The van der Waals surface area contributed by atoms with E-state index in [1.165, 1.54) is 0 Å². The largest absolute Gasteiger partial charge is 0.422 e. The number of hydrogen-bond donors (Lipinski definition) is 0. The second-order valence-corrected chi connectivity index (χ2v) is 6.34. The monoisotopic (exact) mass is 314 g/mol. The van der Waals surface area contributed by atoms with Gasteiger partial charge in [-0.1, -0.05) is 42.9 Å². The van der Waals surface area contributed by atoms with Crippen LogP contribution in [0.15, 0.2) is 60.7 Å². The van der Waals surface area contributed by atoms with Crippen molar-refractivity contribution in [3.8, 4) is 0 Å². The molecule has 2 rings (SSSR count). The smallest absolute Gasteiger partial charge is 0.341 e. The van der Waals surface area contributed by atoms with Gasteiger partial charge in [0.05, 0.1) is 11.1 Å². The first-order valence-electron chi connectivity index (χ1n) is 7.22. The summed E-state index contributed by atoms with van der Waals surface area (Å²) in [5.41, 5.74) is 0.891. The summed E-state index contributed by atoms with van der Waals surface area (Å²) in [6.07, 6.45) is -0.822. The first kappa shape index (κ1) is 16.0. The van der Waals surface area contributed by atoms with Crippen LogP contribution in [0, 0.1) is 0 Å². The molecular weight excluding hydrogens is 296 g/mol. The van der Waals surface area contributed by atoms with E-state index in [4.69, 9.17) is 9.47 Å². The van der Waals surface area contributed by atoms with Gasteiger partial charge in [0.25, 0.3) is 0 Å². The van der Waals surface area contributed by atoms with Gasteiger partial charge in [-0.25, -0.2) is 9.59 Å². The standard InChI is InChI=1S/C17H18O4Si/c1-22-12-15(20-16(18)13-8-4-2-5-9-13)21-17(19)14-10-6-3-7-11-14/h2-11,15H,12,22H2,1H3. The highest BCUT2D eigenvalue weighted by molar-refractivity contribution is 6.33. The molecule has 0 aromatic heterocycles. The molecule has 0 saturated heterocycles. The molecule has 114 valence electrons. The number of carbonyl (C=O) groups excluding carboxylic acids is 2. The van der Waals surface area contributed by atoms with Crippen molar-refractivity contribution in [1.29, 1.82) is 0 Å². The van der Waals surface area contributed by atoms with Gasteiger partial charge in [-0.05, 0) is 24.3 Å². The van der Waals surface area contributed by atoms with Gasteiger partial charge in [0.1, 0.15) is 0 Å². The van der Waals surface area contributed by atoms with Crippen molar-refractivity contribution in [1.82, 2.24) is 0 Å². The molecule has 0 unspecified atom stereocenters. The zero-order valence-corrected chi connectivity index (χ0v) is 13.8. The van der Waals surface area contributed by atoms with Crippen LogP contribution in [0.5, 0.6) is 0 Å². The molecule has 0 radical (unpaired) electrons. The number of carbonyl (C=O) groups is 2. The Hall–Kier alpha value is -2.40. The van der Waals surface area contributed by atoms with Gasteiger partial charge in [0.2, 0.25) is 6.29 Å². The molecule has 0 saturated carbocycles. The lowest BCUT2D eigenvalue weighted by molar-refractivity contribution is -0.0690. The normalized spacial score (nSPS) is 10.8. The van der Waals surface area contributed by atoms with Crippen molar-refractivity contribution in [3.63, 3.8) is 0 Å². The molecule has 2 aromatic rings. The quantitative estimate of drug-likeness (QED) is 0.467. The van der Waals surface area contributed by atoms with Gasteiger partial charge in [0, 0.05) is 15.6 Å². The Morgan fingerprint density at radius 3 is 1.64 bits per heavy atom.